The lowest BCUT2D eigenvalue weighted by Crippen LogP contribution is -2.38. The zero-order chi connectivity index (χ0) is 12.3. The largest absolute Gasteiger partial charge is 0.481 e. The van der Waals surface area contributed by atoms with Gasteiger partial charge in [-0.1, -0.05) is 26.2 Å². The molecule has 0 aromatic carbocycles. The summed E-state index contributed by atoms with van der Waals surface area (Å²) in [5, 5.41) is 9.57. The minimum Gasteiger partial charge on any atom is -0.481 e. The van der Waals surface area contributed by atoms with Crippen LogP contribution in [0.4, 0.5) is 0 Å². The van der Waals surface area contributed by atoms with Gasteiger partial charge in [0.25, 0.3) is 0 Å². The van der Waals surface area contributed by atoms with Crippen LogP contribution in [0.25, 0.3) is 0 Å². The van der Waals surface area contributed by atoms with Crippen molar-refractivity contribution in [3.05, 3.63) is 24.2 Å². The zero-order valence-electron chi connectivity index (χ0n) is 10.3. The molecule has 1 heterocycles. The van der Waals surface area contributed by atoms with Crippen molar-refractivity contribution in [2.45, 2.75) is 45.4 Å². The second kappa shape index (κ2) is 4.94. The quantitative estimate of drug-likeness (QED) is 0.870. The molecule has 1 saturated carbocycles. The monoisotopic (exact) mass is 236 g/mol. The van der Waals surface area contributed by atoms with E-state index in [1.807, 2.05) is 6.07 Å². The van der Waals surface area contributed by atoms with Crippen molar-refractivity contribution in [1.29, 1.82) is 0 Å². The third-order valence-electron chi connectivity index (χ3n) is 4.10. The lowest BCUT2D eigenvalue weighted by molar-refractivity contribution is -0.152. The van der Waals surface area contributed by atoms with Gasteiger partial charge in [0.05, 0.1) is 17.9 Å². The van der Waals surface area contributed by atoms with Crippen LogP contribution < -0.4 is 0 Å². The summed E-state index contributed by atoms with van der Waals surface area (Å²) in [6.45, 7) is 2.15. The second-order valence-electron chi connectivity index (χ2n) is 5.26. The fraction of sp³-hybridized carbons (Fsp3) is 0.643. The molecule has 2 unspecified atom stereocenters. The minimum atomic E-state index is -0.642. The van der Waals surface area contributed by atoms with Gasteiger partial charge in [-0.05, 0) is 36.8 Å². The van der Waals surface area contributed by atoms with Gasteiger partial charge in [-0.2, -0.15) is 0 Å². The fourth-order valence-electron chi connectivity index (χ4n) is 3.05. The summed E-state index contributed by atoms with van der Waals surface area (Å²) < 4.78 is 5.04. The van der Waals surface area contributed by atoms with Gasteiger partial charge >= 0.3 is 5.97 Å². The first-order valence-electron chi connectivity index (χ1n) is 6.41. The van der Waals surface area contributed by atoms with E-state index in [1.54, 1.807) is 12.5 Å². The van der Waals surface area contributed by atoms with Crippen LogP contribution in [0.3, 0.4) is 0 Å². The van der Waals surface area contributed by atoms with Gasteiger partial charge in [-0.15, -0.1) is 0 Å². The van der Waals surface area contributed by atoms with E-state index in [0.717, 1.165) is 31.2 Å². The molecule has 1 fully saturated rings. The highest BCUT2D eigenvalue weighted by Gasteiger charge is 2.42. The molecule has 1 aromatic rings. The first-order chi connectivity index (χ1) is 8.16. The van der Waals surface area contributed by atoms with Crippen LogP contribution in [-0.2, 0) is 11.2 Å². The average Bonchev–Trinajstić information content (AvgIpc) is 2.81. The molecule has 0 saturated heterocycles. The summed E-state index contributed by atoms with van der Waals surface area (Å²) >= 11 is 0. The number of aliphatic carboxylic acids is 1. The summed E-state index contributed by atoms with van der Waals surface area (Å²) in [6, 6.07) is 1.88. The van der Waals surface area contributed by atoms with Crippen LogP contribution in [0.15, 0.2) is 23.0 Å². The SMILES string of the molecule is CCC1CCCC(Cc2ccoc2)(C(=O)O)C1. The van der Waals surface area contributed by atoms with E-state index >= 15 is 0 Å². The standard InChI is InChI=1S/C14H20O3/c1-2-11-4-3-6-14(8-11,13(15)16)9-12-5-7-17-10-12/h5,7,10-11H,2-4,6,8-9H2,1H3,(H,15,16). The number of hydrogen-bond acceptors (Lipinski definition) is 2. The molecule has 0 spiro atoms. The molecule has 1 aliphatic rings. The third kappa shape index (κ3) is 2.54. The molecule has 1 aliphatic carbocycles. The molecule has 2 rings (SSSR count). The van der Waals surface area contributed by atoms with Gasteiger partial charge < -0.3 is 9.52 Å². The lowest BCUT2D eigenvalue weighted by atomic mass is 9.66. The van der Waals surface area contributed by atoms with Crippen LogP contribution in [0.5, 0.6) is 0 Å². The highest BCUT2D eigenvalue weighted by molar-refractivity contribution is 5.75. The normalized spacial score (nSPS) is 29.1. The van der Waals surface area contributed by atoms with Gasteiger partial charge in [0.15, 0.2) is 0 Å². The molecule has 0 bridgehead atoms. The summed E-state index contributed by atoms with van der Waals surface area (Å²) in [7, 11) is 0. The minimum absolute atomic E-state index is 0.562. The Bertz CT molecular complexity index is 369. The Morgan fingerprint density at radius 1 is 1.65 bits per heavy atom. The maximum atomic E-state index is 11.6. The van der Waals surface area contributed by atoms with Crippen molar-refractivity contribution in [1.82, 2.24) is 0 Å². The summed E-state index contributed by atoms with van der Waals surface area (Å²) in [5.74, 6) is -0.0800. The van der Waals surface area contributed by atoms with Gasteiger partial charge in [0, 0.05) is 0 Å². The van der Waals surface area contributed by atoms with Crippen LogP contribution in [0, 0.1) is 11.3 Å². The van der Waals surface area contributed by atoms with Gasteiger partial charge in [0.2, 0.25) is 0 Å². The number of carbonyl (C=O) groups is 1. The molecule has 2 atom stereocenters. The Balaban J connectivity index is 2.17. The van der Waals surface area contributed by atoms with E-state index in [4.69, 9.17) is 4.42 Å². The maximum Gasteiger partial charge on any atom is 0.309 e. The molecule has 3 heteroatoms. The predicted molar refractivity (Wildman–Crippen MR) is 64.7 cm³/mol. The summed E-state index contributed by atoms with van der Waals surface area (Å²) in [5.41, 5.74) is 0.437. The van der Waals surface area contributed by atoms with Crippen LogP contribution in [0.2, 0.25) is 0 Å². The molecule has 0 amide bonds. The second-order valence-corrected chi connectivity index (χ2v) is 5.26. The van der Waals surface area contributed by atoms with E-state index in [0.29, 0.717) is 12.3 Å². The van der Waals surface area contributed by atoms with Gasteiger partial charge in [-0.3, -0.25) is 4.79 Å². The molecule has 1 aromatic heterocycles. The number of hydrogen-bond donors (Lipinski definition) is 1. The molecule has 3 nitrogen and oxygen atoms in total. The topological polar surface area (TPSA) is 50.4 Å². The Morgan fingerprint density at radius 3 is 3.06 bits per heavy atom. The molecule has 1 N–H and O–H groups in total. The van der Waals surface area contributed by atoms with E-state index < -0.39 is 11.4 Å². The number of carboxylic acids is 1. The number of carboxylic acid groups (broad SMARTS) is 1. The summed E-state index contributed by atoms with van der Waals surface area (Å²) in [4.78, 5) is 11.6. The molecular formula is C14H20O3. The van der Waals surface area contributed by atoms with Crippen LogP contribution >= 0.6 is 0 Å². The van der Waals surface area contributed by atoms with Crippen molar-refractivity contribution in [3.8, 4) is 0 Å². The van der Waals surface area contributed by atoms with E-state index in [9.17, 15) is 9.90 Å². The average molecular weight is 236 g/mol. The van der Waals surface area contributed by atoms with E-state index in [1.165, 1.54) is 6.42 Å². The van der Waals surface area contributed by atoms with Crippen molar-refractivity contribution in [3.63, 3.8) is 0 Å². The molecule has 0 radical (unpaired) electrons. The van der Waals surface area contributed by atoms with Gasteiger partial charge in [-0.25, -0.2) is 0 Å². The van der Waals surface area contributed by atoms with Crippen molar-refractivity contribution in [2.75, 3.05) is 0 Å². The maximum absolute atomic E-state index is 11.6. The summed E-state index contributed by atoms with van der Waals surface area (Å²) in [6.07, 6.45) is 8.79. The fourth-order valence-corrected chi connectivity index (χ4v) is 3.05. The van der Waals surface area contributed by atoms with E-state index in [2.05, 4.69) is 6.92 Å². The zero-order valence-corrected chi connectivity index (χ0v) is 10.3. The first kappa shape index (κ1) is 12.2. The lowest BCUT2D eigenvalue weighted by Gasteiger charge is -2.37. The van der Waals surface area contributed by atoms with Crippen molar-refractivity contribution < 1.29 is 14.3 Å². The number of furan rings is 1. The highest BCUT2D eigenvalue weighted by atomic mass is 16.4. The van der Waals surface area contributed by atoms with Gasteiger partial charge in [0.1, 0.15) is 0 Å². The van der Waals surface area contributed by atoms with E-state index in [-0.39, 0.29) is 0 Å². The third-order valence-corrected chi connectivity index (χ3v) is 4.10. The molecule has 0 aliphatic heterocycles. The highest BCUT2D eigenvalue weighted by Crippen LogP contribution is 2.43. The first-order valence-corrected chi connectivity index (χ1v) is 6.41. The van der Waals surface area contributed by atoms with Crippen LogP contribution in [0.1, 0.15) is 44.6 Å². The van der Waals surface area contributed by atoms with Crippen molar-refractivity contribution >= 4 is 5.97 Å². The number of rotatable bonds is 4. The Morgan fingerprint density at radius 2 is 2.47 bits per heavy atom. The molecular weight excluding hydrogens is 216 g/mol. The Labute approximate surface area is 102 Å². The predicted octanol–water partition coefficient (Wildman–Crippen LogP) is 3.49. The molecule has 94 valence electrons. The molecule has 17 heavy (non-hydrogen) atoms. The Hall–Kier alpha value is -1.25. The van der Waals surface area contributed by atoms with Crippen LogP contribution in [-0.4, -0.2) is 11.1 Å². The Kier molecular flexibility index (Phi) is 3.55. The smallest absolute Gasteiger partial charge is 0.309 e. The van der Waals surface area contributed by atoms with Crippen molar-refractivity contribution in [2.24, 2.45) is 11.3 Å².